The summed E-state index contributed by atoms with van der Waals surface area (Å²) in [6, 6.07) is 0. The summed E-state index contributed by atoms with van der Waals surface area (Å²) in [6.45, 7) is 9.28. The molecule has 0 aromatic carbocycles. The fourth-order valence-electron chi connectivity index (χ4n) is 2.89. The summed E-state index contributed by atoms with van der Waals surface area (Å²) < 4.78 is 0. The summed E-state index contributed by atoms with van der Waals surface area (Å²) in [5.74, 6) is 0.766. The van der Waals surface area contributed by atoms with Crippen LogP contribution in [0.2, 0.25) is 0 Å². The third-order valence-corrected chi connectivity index (χ3v) is 4.29. The van der Waals surface area contributed by atoms with Crippen LogP contribution in [0.1, 0.15) is 59.3 Å². The average Bonchev–Trinajstić information content (AvgIpc) is 2.40. The smallest absolute Gasteiger partial charge is 0.00698 e. The van der Waals surface area contributed by atoms with Gasteiger partial charge in [-0.05, 0) is 25.3 Å². The lowest BCUT2D eigenvalue weighted by atomic mass is 9.70. The van der Waals surface area contributed by atoms with Gasteiger partial charge in [-0.25, -0.2) is 0 Å². The van der Waals surface area contributed by atoms with Crippen molar-refractivity contribution in [2.75, 3.05) is 13.1 Å². The van der Waals surface area contributed by atoms with Gasteiger partial charge in [-0.2, -0.15) is 0 Å². The van der Waals surface area contributed by atoms with Gasteiger partial charge in [-0.15, -0.1) is 0 Å². The molecular formula is C17H31N. The number of allylic oxidation sites excluding steroid dienone is 3. The molecule has 0 saturated heterocycles. The second-order valence-electron chi connectivity index (χ2n) is 5.80. The highest BCUT2D eigenvalue weighted by atomic mass is 14.9. The van der Waals surface area contributed by atoms with E-state index in [0.29, 0.717) is 5.41 Å². The summed E-state index contributed by atoms with van der Waals surface area (Å²) >= 11 is 0. The molecule has 0 spiro atoms. The van der Waals surface area contributed by atoms with Crippen LogP contribution in [0.4, 0.5) is 0 Å². The van der Waals surface area contributed by atoms with Crippen molar-refractivity contribution in [1.29, 1.82) is 0 Å². The molecule has 18 heavy (non-hydrogen) atoms. The van der Waals surface area contributed by atoms with Gasteiger partial charge in [0.25, 0.3) is 0 Å². The molecule has 1 aliphatic carbocycles. The van der Waals surface area contributed by atoms with Gasteiger partial charge in [-0.1, -0.05) is 70.8 Å². The molecule has 2 unspecified atom stereocenters. The average molecular weight is 249 g/mol. The summed E-state index contributed by atoms with van der Waals surface area (Å²) in [6.07, 6.45) is 17.0. The third-order valence-electron chi connectivity index (χ3n) is 4.29. The number of hydrogen-bond donors (Lipinski definition) is 1. The summed E-state index contributed by atoms with van der Waals surface area (Å²) in [5.41, 5.74) is 0.358. The Labute approximate surface area is 114 Å². The predicted molar refractivity (Wildman–Crippen MR) is 81.8 cm³/mol. The number of hydrogen-bond acceptors (Lipinski definition) is 1. The van der Waals surface area contributed by atoms with Crippen molar-refractivity contribution in [3.8, 4) is 0 Å². The second kappa shape index (κ2) is 8.53. The van der Waals surface area contributed by atoms with Crippen molar-refractivity contribution >= 4 is 0 Å². The Morgan fingerprint density at radius 1 is 1.17 bits per heavy atom. The van der Waals surface area contributed by atoms with Crippen molar-refractivity contribution in [1.82, 2.24) is 5.32 Å². The zero-order chi connectivity index (χ0) is 13.3. The van der Waals surface area contributed by atoms with Crippen molar-refractivity contribution in [3.63, 3.8) is 0 Å². The topological polar surface area (TPSA) is 12.0 Å². The maximum atomic E-state index is 3.68. The molecule has 0 aliphatic heterocycles. The lowest BCUT2D eigenvalue weighted by molar-refractivity contribution is 0.222. The molecule has 0 amide bonds. The zero-order valence-corrected chi connectivity index (χ0v) is 12.5. The number of nitrogens with one attached hydrogen (secondary N) is 1. The highest BCUT2D eigenvalue weighted by Crippen LogP contribution is 2.38. The molecule has 0 saturated carbocycles. The molecule has 1 aliphatic rings. The summed E-state index contributed by atoms with van der Waals surface area (Å²) in [7, 11) is 0. The van der Waals surface area contributed by atoms with Crippen LogP contribution >= 0.6 is 0 Å². The van der Waals surface area contributed by atoms with Crippen LogP contribution in [0.3, 0.4) is 0 Å². The summed E-state index contributed by atoms with van der Waals surface area (Å²) in [5, 5.41) is 3.68. The number of rotatable bonds is 9. The molecular weight excluding hydrogens is 218 g/mol. The molecule has 0 fully saturated rings. The molecule has 0 heterocycles. The molecule has 0 radical (unpaired) electrons. The first-order valence-corrected chi connectivity index (χ1v) is 7.80. The molecule has 0 bridgehead atoms. The van der Waals surface area contributed by atoms with Crippen LogP contribution in [0.15, 0.2) is 24.3 Å². The van der Waals surface area contributed by atoms with Crippen LogP contribution in [0.5, 0.6) is 0 Å². The van der Waals surface area contributed by atoms with Crippen molar-refractivity contribution in [2.45, 2.75) is 59.3 Å². The highest BCUT2D eigenvalue weighted by Gasteiger charge is 2.32. The molecule has 1 N–H and O–H groups in total. The third kappa shape index (κ3) is 4.61. The quantitative estimate of drug-likeness (QED) is 0.584. The van der Waals surface area contributed by atoms with Gasteiger partial charge < -0.3 is 5.32 Å². The fourth-order valence-corrected chi connectivity index (χ4v) is 2.89. The minimum atomic E-state index is 0.358. The van der Waals surface area contributed by atoms with Gasteiger partial charge in [0, 0.05) is 12.0 Å². The monoisotopic (exact) mass is 249 g/mol. The molecule has 1 heteroatoms. The van der Waals surface area contributed by atoms with E-state index in [1.807, 2.05) is 0 Å². The predicted octanol–water partition coefficient (Wildman–Crippen LogP) is 4.70. The lowest BCUT2D eigenvalue weighted by Gasteiger charge is -2.37. The van der Waals surface area contributed by atoms with Crippen LogP contribution in [-0.2, 0) is 0 Å². The first-order valence-electron chi connectivity index (χ1n) is 7.80. The van der Waals surface area contributed by atoms with Crippen molar-refractivity contribution < 1.29 is 0 Å². The molecule has 0 aromatic rings. The fraction of sp³-hybridized carbons (Fsp3) is 0.765. The minimum absolute atomic E-state index is 0.358. The van der Waals surface area contributed by atoms with E-state index < -0.39 is 0 Å². The first-order chi connectivity index (χ1) is 8.75. The Morgan fingerprint density at radius 2 is 2.00 bits per heavy atom. The van der Waals surface area contributed by atoms with E-state index in [-0.39, 0.29) is 0 Å². The van der Waals surface area contributed by atoms with Gasteiger partial charge in [0.15, 0.2) is 0 Å². The first kappa shape index (κ1) is 15.5. The van der Waals surface area contributed by atoms with E-state index in [1.165, 1.54) is 45.1 Å². The Balaban J connectivity index is 2.45. The SMILES string of the molecule is CCCCCNCC1(C(C)CCC)C=CC=CC1. The zero-order valence-electron chi connectivity index (χ0n) is 12.5. The van der Waals surface area contributed by atoms with Crippen molar-refractivity contribution in [3.05, 3.63) is 24.3 Å². The van der Waals surface area contributed by atoms with Crippen LogP contribution in [0.25, 0.3) is 0 Å². The molecule has 0 aromatic heterocycles. The maximum absolute atomic E-state index is 3.68. The Kier molecular flexibility index (Phi) is 7.34. The molecule has 2 atom stereocenters. The van der Waals surface area contributed by atoms with E-state index in [2.05, 4.69) is 50.4 Å². The van der Waals surface area contributed by atoms with Gasteiger partial charge in [0.2, 0.25) is 0 Å². The molecule has 104 valence electrons. The van der Waals surface area contributed by atoms with E-state index >= 15 is 0 Å². The number of unbranched alkanes of at least 4 members (excludes halogenated alkanes) is 2. The van der Waals surface area contributed by atoms with Crippen LogP contribution < -0.4 is 5.32 Å². The lowest BCUT2D eigenvalue weighted by Crippen LogP contribution is -2.38. The van der Waals surface area contributed by atoms with Crippen molar-refractivity contribution in [2.24, 2.45) is 11.3 Å². The minimum Gasteiger partial charge on any atom is -0.316 e. The standard InChI is InChI=1S/C17H31N/c1-4-6-10-14-18-15-17(16(3)11-5-2)12-8-7-9-13-17/h7-9,12,16,18H,4-6,10-11,13-15H2,1-3H3. The van der Waals surface area contributed by atoms with E-state index in [9.17, 15) is 0 Å². The van der Waals surface area contributed by atoms with Gasteiger partial charge in [0.1, 0.15) is 0 Å². The van der Waals surface area contributed by atoms with E-state index in [1.54, 1.807) is 0 Å². The van der Waals surface area contributed by atoms with Crippen LogP contribution in [0, 0.1) is 11.3 Å². The molecule has 1 rings (SSSR count). The second-order valence-corrected chi connectivity index (χ2v) is 5.80. The normalized spacial score (nSPS) is 24.4. The van der Waals surface area contributed by atoms with E-state index in [0.717, 1.165) is 12.5 Å². The maximum Gasteiger partial charge on any atom is 0.00698 e. The van der Waals surface area contributed by atoms with Gasteiger partial charge in [0.05, 0.1) is 0 Å². The van der Waals surface area contributed by atoms with Gasteiger partial charge in [-0.3, -0.25) is 0 Å². The Hall–Kier alpha value is -0.560. The van der Waals surface area contributed by atoms with E-state index in [4.69, 9.17) is 0 Å². The summed E-state index contributed by atoms with van der Waals surface area (Å²) in [4.78, 5) is 0. The van der Waals surface area contributed by atoms with Gasteiger partial charge >= 0.3 is 0 Å². The van der Waals surface area contributed by atoms with Crippen LogP contribution in [-0.4, -0.2) is 13.1 Å². The highest BCUT2D eigenvalue weighted by molar-refractivity contribution is 5.18. The Morgan fingerprint density at radius 3 is 2.61 bits per heavy atom. The molecule has 1 nitrogen and oxygen atoms in total. The largest absolute Gasteiger partial charge is 0.316 e. The Bertz CT molecular complexity index is 267.